The van der Waals surface area contributed by atoms with E-state index >= 15 is 0 Å². The summed E-state index contributed by atoms with van der Waals surface area (Å²) in [5, 5.41) is 13.0. The Balaban J connectivity index is 2.34. The van der Waals surface area contributed by atoms with Crippen molar-refractivity contribution in [3.05, 3.63) is 5.01 Å². The van der Waals surface area contributed by atoms with Crippen molar-refractivity contribution in [2.75, 3.05) is 18.5 Å². The minimum Gasteiger partial charge on any atom is -0.374 e. The van der Waals surface area contributed by atoms with Gasteiger partial charge in [-0.3, -0.25) is 0 Å². The zero-order valence-electron chi connectivity index (χ0n) is 8.04. The maximum atomic E-state index is 5.22. The number of hydrogen-bond donors (Lipinski definition) is 1. The second-order valence-corrected chi connectivity index (χ2v) is 3.63. The first-order chi connectivity index (χ1) is 6.36. The highest BCUT2D eigenvalue weighted by atomic mass is 32.1. The van der Waals surface area contributed by atoms with Crippen LogP contribution in [0.25, 0.3) is 0 Å². The van der Waals surface area contributed by atoms with Crippen molar-refractivity contribution < 1.29 is 4.74 Å². The lowest BCUT2D eigenvalue weighted by molar-refractivity contribution is 0.133. The fourth-order valence-electron chi connectivity index (χ4n) is 0.805. The third-order valence-corrected chi connectivity index (χ3v) is 2.28. The molecule has 0 amide bonds. The molecule has 0 aliphatic rings. The quantitative estimate of drug-likeness (QED) is 0.763. The Hall–Kier alpha value is -0.680. The van der Waals surface area contributed by atoms with Crippen LogP contribution in [0.4, 0.5) is 5.13 Å². The Morgan fingerprint density at radius 3 is 2.92 bits per heavy atom. The minimum absolute atomic E-state index is 0.571. The Labute approximate surface area is 82.3 Å². The highest BCUT2D eigenvalue weighted by Gasteiger charge is 2.01. The van der Waals surface area contributed by atoms with Gasteiger partial charge in [-0.15, -0.1) is 10.2 Å². The summed E-state index contributed by atoms with van der Waals surface area (Å²) in [7, 11) is 0. The van der Waals surface area contributed by atoms with Gasteiger partial charge in [0.1, 0.15) is 11.6 Å². The lowest BCUT2D eigenvalue weighted by Crippen LogP contribution is -1.98. The molecule has 1 heterocycles. The van der Waals surface area contributed by atoms with Crippen molar-refractivity contribution in [1.29, 1.82) is 0 Å². The van der Waals surface area contributed by atoms with E-state index in [2.05, 4.69) is 22.4 Å². The number of aromatic nitrogens is 2. The van der Waals surface area contributed by atoms with E-state index < -0.39 is 0 Å². The van der Waals surface area contributed by atoms with Gasteiger partial charge in [0.2, 0.25) is 5.13 Å². The predicted molar refractivity (Wildman–Crippen MR) is 54.0 cm³/mol. The molecule has 0 aliphatic heterocycles. The molecule has 0 unspecified atom stereocenters. The molecule has 0 spiro atoms. The number of anilines is 1. The van der Waals surface area contributed by atoms with Gasteiger partial charge in [0.15, 0.2) is 0 Å². The average molecular weight is 201 g/mol. The Kier molecular flexibility index (Phi) is 4.70. The van der Waals surface area contributed by atoms with Gasteiger partial charge in [-0.05, 0) is 13.3 Å². The molecule has 1 N–H and O–H groups in total. The maximum Gasteiger partial charge on any atom is 0.205 e. The van der Waals surface area contributed by atoms with E-state index in [1.165, 1.54) is 0 Å². The van der Waals surface area contributed by atoms with Crippen molar-refractivity contribution in [2.45, 2.75) is 26.9 Å². The Morgan fingerprint density at radius 2 is 2.23 bits per heavy atom. The fraction of sp³-hybridized carbons (Fsp3) is 0.750. The number of hydrogen-bond acceptors (Lipinski definition) is 5. The number of rotatable bonds is 6. The molecule has 0 aromatic carbocycles. The molecular weight excluding hydrogens is 186 g/mol. The summed E-state index contributed by atoms with van der Waals surface area (Å²) >= 11 is 1.55. The van der Waals surface area contributed by atoms with Crippen LogP contribution in [0.5, 0.6) is 0 Å². The van der Waals surface area contributed by atoms with Gasteiger partial charge in [-0.2, -0.15) is 0 Å². The van der Waals surface area contributed by atoms with Crippen molar-refractivity contribution >= 4 is 16.5 Å². The van der Waals surface area contributed by atoms with Crippen LogP contribution in [0.2, 0.25) is 0 Å². The van der Waals surface area contributed by atoms with Crippen LogP contribution >= 0.6 is 11.3 Å². The predicted octanol–water partition coefficient (Wildman–Crippen LogP) is 1.90. The van der Waals surface area contributed by atoms with Crippen LogP contribution in [-0.2, 0) is 11.3 Å². The second kappa shape index (κ2) is 5.88. The highest BCUT2D eigenvalue weighted by Crippen LogP contribution is 2.15. The summed E-state index contributed by atoms with van der Waals surface area (Å²) < 4.78 is 5.22. The molecule has 74 valence electrons. The van der Waals surface area contributed by atoms with Gasteiger partial charge in [0, 0.05) is 13.2 Å². The maximum absolute atomic E-state index is 5.22. The van der Waals surface area contributed by atoms with Crippen molar-refractivity contribution in [3.63, 3.8) is 0 Å². The van der Waals surface area contributed by atoms with E-state index in [4.69, 9.17) is 4.74 Å². The molecule has 0 fully saturated rings. The van der Waals surface area contributed by atoms with E-state index in [0.29, 0.717) is 6.61 Å². The molecule has 0 saturated heterocycles. The van der Waals surface area contributed by atoms with Crippen LogP contribution in [0.15, 0.2) is 0 Å². The fourth-order valence-corrected chi connectivity index (χ4v) is 1.51. The van der Waals surface area contributed by atoms with Gasteiger partial charge < -0.3 is 10.1 Å². The molecule has 1 aromatic heterocycles. The standard InChI is InChI=1S/C8H15N3OS/c1-3-5-9-8-11-10-7(13-8)6-12-4-2/h3-6H2,1-2H3,(H,9,11). The van der Waals surface area contributed by atoms with Crippen LogP contribution in [0.3, 0.4) is 0 Å². The zero-order valence-corrected chi connectivity index (χ0v) is 8.86. The molecule has 0 saturated carbocycles. The summed E-state index contributed by atoms with van der Waals surface area (Å²) in [5.41, 5.74) is 0. The SMILES string of the molecule is CCCNc1nnc(COCC)s1. The summed E-state index contributed by atoms with van der Waals surface area (Å²) in [5.74, 6) is 0. The molecule has 4 nitrogen and oxygen atoms in total. The third-order valence-electron chi connectivity index (χ3n) is 1.42. The van der Waals surface area contributed by atoms with Crippen molar-refractivity contribution in [3.8, 4) is 0 Å². The van der Waals surface area contributed by atoms with E-state index in [0.717, 1.165) is 29.7 Å². The van der Waals surface area contributed by atoms with Gasteiger partial charge in [-0.1, -0.05) is 18.3 Å². The molecular formula is C8H15N3OS. The van der Waals surface area contributed by atoms with Gasteiger partial charge in [0.05, 0.1) is 0 Å². The Morgan fingerprint density at radius 1 is 1.38 bits per heavy atom. The smallest absolute Gasteiger partial charge is 0.205 e. The van der Waals surface area contributed by atoms with Crippen molar-refractivity contribution in [1.82, 2.24) is 10.2 Å². The largest absolute Gasteiger partial charge is 0.374 e. The topological polar surface area (TPSA) is 47.0 Å². The summed E-state index contributed by atoms with van der Waals surface area (Å²) in [6.45, 7) is 6.33. The van der Waals surface area contributed by atoms with Gasteiger partial charge in [-0.25, -0.2) is 0 Å². The van der Waals surface area contributed by atoms with Gasteiger partial charge in [0.25, 0.3) is 0 Å². The first-order valence-corrected chi connectivity index (χ1v) is 5.32. The first kappa shape index (κ1) is 10.4. The lowest BCUT2D eigenvalue weighted by atomic mass is 10.5. The first-order valence-electron chi connectivity index (χ1n) is 4.50. The minimum atomic E-state index is 0.571. The molecule has 13 heavy (non-hydrogen) atoms. The summed E-state index contributed by atoms with van der Waals surface area (Å²) in [6, 6.07) is 0. The molecule has 1 rings (SSSR count). The molecule has 0 aliphatic carbocycles. The van der Waals surface area contributed by atoms with Gasteiger partial charge >= 0.3 is 0 Å². The molecule has 0 radical (unpaired) electrons. The number of nitrogens with zero attached hydrogens (tertiary/aromatic N) is 2. The van der Waals surface area contributed by atoms with Crippen molar-refractivity contribution in [2.24, 2.45) is 0 Å². The van der Waals surface area contributed by atoms with Crippen LogP contribution < -0.4 is 5.32 Å². The molecule has 1 aromatic rings. The van der Waals surface area contributed by atoms with E-state index in [1.807, 2.05) is 6.92 Å². The number of nitrogens with one attached hydrogen (secondary N) is 1. The molecule has 0 atom stereocenters. The van der Waals surface area contributed by atoms with E-state index in [9.17, 15) is 0 Å². The monoisotopic (exact) mass is 201 g/mol. The van der Waals surface area contributed by atoms with E-state index in [1.54, 1.807) is 11.3 Å². The highest BCUT2D eigenvalue weighted by molar-refractivity contribution is 7.15. The summed E-state index contributed by atoms with van der Waals surface area (Å²) in [6.07, 6.45) is 1.10. The molecule has 5 heteroatoms. The second-order valence-electron chi connectivity index (χ2n) is 2.56. The lowest BCUT2D eigenvalue weighted by Gasteiger charge is -1.95. The van der Waals surface area contributed by atoms with Crippen LogP contribution in [0, 0.1) is 0 Å². The van der Waals surface area contributed by atoms with Crippen LogP contribution in [0.1, 0.15) is 25.3 Å². The normalized spacial score (nSPS) is 10.3. The average Bonchev–Trinajstić information content (AvgIpc) is 2.59. The van der Waals surface area contributed by atoms with Crippen LogP contribution in [-0.4, -0.2) is 23.3 Å². The Bertz CT molecular complexity index is 217. The van der Waals surface area contributed by atoms with E-state index in [-0.39, 0.29) is 0 Å². The molecule has 0 bridgehead atoms. The summed E-state index contributed by atoms with van der Waals surface area (Å²) in [4.78, 5) is 0. The number of ether oxygens (including phenoxy) is 1. The zero-order chi connectivity index (χ0) is 9.52. The third kappa shape index (κ3) is 3.69.